The molecule has 0 saturated heterocycles. The summed E-state index contributed by atoms with van der Waals surface area (Å²) in [7, 11) is 1.36. The van der Waals surface area contributed by atoms with Crippen molar-refractivity contribution in [3.63, 3.8) is 0 Å². The molecule has 0 fully saturated rings. The van der Waals surface area contributed by atoms with E-state index in [0.717, 1.165) is 5.56 Å². The van der Waals surface area contributed by atoms with E-state index in [2.05, 4.69) is 4.74 Å². The Hall–Kier alpha value is -1.65. The number of hydrogen-bond donors (Lipinski definition) is 0. The number of carbonyl (C=O) groups excluding carboxylic acids is 1. The number of benzene rings is 1. The first kappa shape index (κ1) is 16.4. The molecule has 0 spiro atoms. The second kappa shape index (κ2) is 9.28. The van der Waals surface area contributed by atoms with Crippen LogP contribution in [0.3, 0.4) is 0 Å². The van der Waals surface area contributed by atoms with Crippen LogP contribution in [0.5, 0.6) is 0 Å². The number of hydrogen-bond acceptors (Lipinski definition) is 4. The lowest BCUT2D eigenvalue weighted by Crippen LogP contribution is -2.18. The lowest BCUT2D eigenvalue weighted by atomic mass is 10.1. The van der Waals surface area contributed by atoms with Crippen molar-refractivity contribution >= 4 is 5.97 Å². The van der Waals surface area contributed by atoms with Gasteiger partial charge in [0, 0.05) is 12.0 Å². The molecule has 0 aromatic heterocycles. The first-order valence-corrected chi connectivity index (χ1v) is 6.63. The molecule has 0 aliphatic heterocycles. The van der Waals surface area contributed by atoms with E-state index < -0.39 is 0 Å². The maximum atomic E-state index is 11.0. The Kier molecular flexibility index (Phi) is 7.62. The van der Waals surface area contributed by atoms with Crippen molar-refractivity contribution in [3.8, 4) is 0 Å². The highest BCUT2D eigenvalue weighted by atomic mass is 16.7. The van der Waals surface area contributed by atoms with E-state index in [1.165, 1.54) is 13.2 Å². The number of carbonyl (C=O) groups is 1. The van der Waals surface area contributed by atoms with Gasteiger partial charge in [-0.05, 0) is 12.5 Å². The highest BCUT2D eigenvalue weighted by Gasteiger charge is 2.10. The molecule has 0 aliphatic rings. The van der Waals surface area contributed by atoms with Gasteiger partial charge in [-0.25, -0.2) is 4.79 Å². The molecule has 2 atom stereocenters. The quantitative estimate of drug-likeness (QED) is 0.317. The van der Waals surface area contributed by atoms with Crippen LogP contribution >= 0.6 is 0 Å². The molecule has 0 amide bonds. The summed E-state index contributed by atoms with van der Waals surface area (Å²) in [4.78, 5) is 11.0. The zero-order valence-electron chi connectivity index (χ0n) is 12.2. The Morgan fingerprint density at radius 3 is 2.60 bits per heavy atom. The third-order valence-electron chi connectivity index (χ3n) is 3.00. The smallest absolute Gasteiger partial charge is 0.330 e. The third-order valence-corrected chi connectivity index (χ3v) is 3.00. The van der Waals surface area contributed by atoms with Crippen LogP contribution in [0.15, 0.2) is 42.5 Å². The molecule has 1 aromatic rings. The predicted octanol–water partition coefficient (Wildman–Crippen LogP) is 2.93. The van der Waals surface area contributed by atoms with Crippen molar-refractivity contribution in [2.75, 3.05) is 13.9 Å². The Balaban J connectivity index is 2.20. The summed E-state index contributed by atoms with van der Waals surface area (Å²) in [5.74, 6) is -0.251. The number of esters is 1. The molecule has 20 heavy (non-hydrogen) atoms. The van der Waals surface area contributed by atoms with E-state index in [-0.39, 0.29) is 24.8 Å². The second-order valence-corrected chi connectivity index (χ2v) is 4.57. The second-order valence-electron chi connectivity index (χ2n) is 4.57. The standard InChI is InChI=1S/C16H22O4/c1-13(9-10-16(17)18-3)14(2)20-12-19-11-15-7-5-4-6-8-15/h4-10,13-14H,11-12H2,1-3H3/b10-9+/t13-,14-/m0/s1. The van der Waals surface area contributed by atoms with Crippen molar-refractivity contribution < 1.29 is 19.0 Å². The zero-order chi connectivity index (χ0) is 14.8. The lowest BCUT2D eigenvalue weighted by Gasteiger charge is -2.17. The average Bonchev–Trinajstić information content (AvgIpc) is 2.49. The van der Waals surface area contributed by atoms with Gasteiger partial charge in [-0.2, -0.15) is 0 Å². The van der Waals surface area contributed by atoms with E-state index in [9.17, 15) is 4.79 Å². The van der Waals surface area contributed by atoms with E-state index in [1.54, 1.807) is 6.08 Å². The van der Waals surface area contributed by atoms with Crippen molar-refractivity contribution in [3.05, 3.63) is 48.0 Å². The van der Waals surface area contributed by atoms with Crippen molar-refractivity contribution in [2.45, 2.75) is 26.6 Å². The first-order chi connectivity index (χ1) is 9.63. The fourth-order valence-electron chi connectivity index (χ4n) is 1.50. The highest BCUT2D eigenvalue weighted by molar-refractivity contribution is 5.81. The Morgan fingerprint density at radius 2 is 1.95 bits per heavy atom. The van der Waals surface area contributed by atoms with E-state index in [0.29, 0.717) is 6.61 Å². The average molecular weight is 278 g/mol. The van der Waals surface area contributed by atoms with Crippen molar-refractivity contribution in [1.29, 1.82) is 0 Å². The summed E-state index contributed by atoms with van der Waals surface area (Å²) in [6.45, 7) is 4.67. The summed E-state index contributed by atoms with van der Waals surface area (Å²) in [6.07, 6.45) is 3.15. The summed E-state index contributed by atoms with van der Waals surface area (Å²) in [6, 6.07) is 9.93. The lowest BCUT2D eigenvalue weighted by molar-refractivity contribution is -0.134. The Labute approximate surface area is 120 Å². The SMILES string of the molecule is COC(=O)/C=C/[C@H](C)[C@H](C)OCOCc1ccccc1. The molecule has 0 saturated carbocycles. The van der Waals surface area contributed by atoms with Gasteiger partial charge >= 0.3 is 5.97 Å². The van der Waals surface area contributed by atoms with Crippen LogP contribution in [0, 0.1) is 5.92 Å². The molecular formula is C16H22O4. The zero-order valence-corrected chi connectivity index (χ0v) is 12.2. The molecule has 0 N–H and O–H groups in total. The fraction of sp³-hybridized carbons (Fsp3) is 0.438. The maximum absolute atomic E-state index is 11.0. The van der Waals surface area contributed by atoms with Crippen LogP contribution in [-0.4, -0.2) is 26.0 Å². The highest BCUT2D eigenvalue weighted by Crippen LogP contribution is 2.09. The molecule has 0 aliphatic carbocycles. The van der Waals surface area contributed by atoms with Crippen LogP contribution in [0.2, 0.25) is 0 Å². The molecule has 110 valence electrons. The van der Waals surface area contributed by atoms with Crippen LogP contribution in [-0.2, 0) is 25.6 Å². The molecule has 0 unspecified atom stereocenters. The molecule has 1 aromatic carbocycles. The summed E-state index contributed by atoms with van der Waals surface area (Å²) >= 11 is 0. The summed E-state index contributed by atoms with van der Waals surface area (Å²) in [5.41, 5.74) is 1.11. The van der Waals surface area contributed by atoms with Gasteiger partial charge in [-0.15, -0.1) is 0 Å². The van der Waals surface area contributed by atoms with Crippen LogP contribution in [0.25, 0.3) is 0 Å². The predicted molar refractivity (Wildman–Crippen MR) is 77.0 cm³/mol. The number of rotatable bonds is 8. The number of methoxy groups -OCH3 is 1. The topological polar surface area (TPSA) is 44.8 Å². The summed E-state index contributed by atoms with van der Waals surface area (Å²) in [5, 5.41) is 0. The molecular weight excluding hydrogens is 256 g/mol. The fourth-order valence-corrected chi connectivity index (χ4v) is 1.50. The molecule has 0 heterocycles. The molecule has 4 heteroatoms. The third kappa shape index (κ3) is 6.50. The monoisotopic (exact) mass is 278 g/mol. The van der Waals surface area contributed by atoms with E-state index in [1.807, 2.05) is 44.2 Å². The van der Waals surface area contributed by atoms with Gasteiger partial charge in [-0.3, -0.25) is 0 Å². The molecule has 0 bridgehead atoms. The van der Waals surface area contributed by atoms with Crippen LogP contribution in [0.1, 0.15) is 19.4 Å². The van der Waals surface area contributed by atoms with E-state index in [4.69, 9.17) is 9.47 Å². The van der Waals surface area contributed by atoms with Crippen LogP contribution in [0.4, 0.5) is 0 Å². The van der Waals surface area contributed by atoms with Gasteiger partial charge in [0.2, 0.25) is 0 Å². The van der Waals surface area contributed by atoms with Crippen LogP contribution < -0.4 is 0 Å². The van der Waals surface area contributed by atoms with Gasteiger partial charge < -0.3 is 14.2 Å². The van der Waals surface area contributed by atoms with Gasteiger partial charge in [0.25, 0.3) is 0 Å². The minimum Gasteiger partial charge on any atom is -0.466 e. The maximum Gasteiger partial charge on any atom is 0.330 e. The molecule has 4 nitrogen and oxygen atoms in total. The Bertz CT molecular complexity index is 414. The van der Waals surface area contributed by atoms with Gasteiger partial charge in [0.05, 0.1) is 19.8 Å². The first-order valence-electron chi connectivity index (χ1n) is 6.63. The Morgan fingerprint density at radius 1 is 1.25 bits per heavy atom. The molecule has 0 radical (unpaired) electrons. The number of ether oxygens (including phenoxy) is 3. The minimum absolute atomic E-state index is 0.0355. The summed E-state index contributed by atoms with van der Waals surface area (Å²) < 4.78 is 15.6. The van der Waals surface area contributed by atoms with E-state index >= 15 is 0 Å². The largest absolute Gasteiger partial charge is 0.466 e. The minimum atomic E-state index is -0.357. The molecule has 1 rings (SSSR count). The van der Waals surface area contributed by atoms with Gasteiger partial charge in [0.1, 0.15) is 6.79 Å². The van der Waals surface area contributed by atoms with Gasteiger partial charge in [-0.1, -0.05) is 43.3 Å². The normalized spacial score (nSPS) is 14.2. The van der Waals surface area contributed by atoms with Gasteiger partial charge in [0.15, 0.2) is 0 Å². The van der Waals surface area contributed by atoms with Crippen molar-refractivity contribution in [2.24, 2.45) is 5.92 Å². The van der Waals surface area contributed by atoms with Crippen molar-refractivity contribution in [1.82, 2.24) is 0 Å².